The van der Waals surface area contributed by atoms with Crippen molar-refractivity contribution in [1.82, 2.24) is 14.5 Å². The van der Waals surface area contributed by atoms with E-state index in [4.69, 9.17) is 0 Å². The van der Waals surface area contributed by atoms with E-state index in [-0.39, 0.29) is 5.91 Å². The minimum absolute atomic E-state index is 0.190. The molecule has 0 saturated heterocycles. The van der Waals surface area contributed by atoms with Crippen molar-refractivity contribution in [2.24, 2.45) is 0 Å². The molecule has 1 aromatic heterocycles. The molecule has 2 heterocycles. The number of unbranched alkanes of at least 4 members (excludes halogenated alkanes) is 2. The summed E-state index contributed by atoms with van der Waals surface area (Å²) in [5.74, 6) is 1.05. The monoisotopic (exact) mass is 263 g/mol. The van der Waals surface area contributed by atoms with Crippen molar-refractivity contribution >= 4 is 12.2 Å². The molecule has 0 aliphatic carbocycles. The summed E-state index contributed by atoms with van der Waals surface area (Å²) in [6, 6.07) is 0. The summed E-state index contributed by atoms with van der Waals surface area (Å²) >= 11 is 0. The van der Waals surface area contributed by atoms with Gasteiger partial charge in [-0.2, -0.15) is 0 Å². The number of nitrogens with zero attached hydrogens (tertiary/aromatic N) is 3. The van der Waals surface area contributed by atoms with Crippen molar-refractivity contribution in [1.29, 1.82) is 0 Å². The number of amides is 1. The van der Waals surface area contributed by atoms with E-state index in [1.807, 2.05) is 16.4 Å². The van der Waals surface area contributed by atoms with E-state index in [0.717, 1.165) is 43.6 Å². The van der Waals surface area contributed by atoms with Crippen molar-refractivity contribution in [3.63, 3.8) is 0 Å². The lowest BCUT2D eigenvalue weighted by atomic mass is 10.1. The van der Waals surface area contributed by atoms with Crippen LogP contribution in [0.25, 0.3) is 0 Å². The Labute approximate surface area is 113 Å². The van der Waals surface area contributed by atoms with Gasteiger partial charge < -0.3 is 9.47 Å². The fourth-order valence-electron chi connectivity index (χ4n) is 2.57. The van der Waals surface area contributed by atoms with E-state index < -0.39 is 0 Å². The van der Waals surface area contributed by atoms with Gasteiger partial charge in [0.15, 0.2) is 6.29 Å². The molecule has 1 aromatic rings. The number of imidazole rings is 1. The van der Waals surface area contributed by atoms with Crippen LogP contribution in [0.4, 0.5) is 0 Å². The molecule has 0 unspecified atom stereocenters. The second-order valence-electron chi connectivity index (χ2n) is 5.03. The van der Waals surface area contributed by atoms with E-state index in [1.165, 1.54) is 0 Å². The van der Waals surface area contributed by atoms with E-state index in [9.17, 15) is 9.59 Å². The Morgan fingerprint density at radius 3 is 2.84 bits per heavy atom. The maximum atomic E-state index is 12.1. The molecule has 1 aliphatic rings. The molecule has 0 N–H and O–H groups in total. The highest BCUT2D eigenvalue weighted by Gasteiger charge is 2.24. The number of hydrogen-bond donors (Lipinski definition) is 0. The maximum absolute atomic E-state index is 12.1. The van der Waals surface area contributed by atoms with E-state index in [2.05, 4.69) is 11.9 Å². The Bertz CT molecular complexity index is 479. The molecule has 2 rings (SSSR count). The summed E-state index contributed by atoms with van der Waals surface area (Å²) in [5, 5.41) is 0. The van der Waals surface area contributed by atoms with Crippen LogP contribution in [-0.2, 0) is 17.9 Å². The summed E-state index contributed by atoms with van der Waals surface area (Å²) in [6.07, 6.45) is 4.55. The zero-order valence-corrected chi connectivity index (χ0v) is 11.7. The van der Waals surface area contributed by atoms with Crippen LogP contribution in [0.3, 0.4) is 0 Å². The van der Waals surface area contributed by atoms with Crippen LogP contribution < -0.4 is 0 Å². The van der Waals surface area contributed by atoms with E-state index in [1.54, 1.807) is 0 Å². The fraction of sp³-hybridized carbons (Fsp3) is 0.643. The second kappa shape index (κ2) is 5.99. The van der Waals surface area contributed by atoms with Crippen molar-refractivity contribution in [3.05, 3.63) is 17.2 Å². The standard InChI is InChI=1S/C14H21N3O2/c1-3-4-5-6-14(19)16-7-8-17-11(2)15-12(10-18)13(17)9-16/h10H,3-9H2,1-2H3. The SMILES string of the molecule is CCCCCC(=O)N1CCn2c(C)nc(C=O)c2C1. The van der Waals surface area contributed by atoms with Gasteiger partial charge in [0.2, 0.25) is 5.91 Å². The minimum atomic E-state index is 0.190. The first-order chi connectivity index (χ1) is 9.17. The third kappa shape index (κ3) is 2.85. The second-order valence-corrected chi connectivity index (χ2v) is 5.03. The molecule has 0 fully saturated rings. The average Bonchev–Trinajstić information content (AvgIpc) is 2.75. The Hall–Kier alpha value is -1.65. The van der Waals surface area contributed by atoms with Gasteiger partial charge >= 0.3 is 0 Å². The lowest BCUT2D eigenvalue weighted by Gasteiger charge is -2.29. The van der Waals surface area contributed by atoms with Gasteiger partial charge in [-0.1, -0.05) is 19.8 Å². The number of aromatic nitrogens is 2. The molecular weight excluding hydrogens is 242 g/mol. The Morgan fingerprint density at radius 1 is 1.37 bits per heavy atom. The molecule has 104 valence electrons. The first kappa shape index (κ1) is 13.8. The molecule has 0 aromatic carbocycles. The Morgan fingerprint density at radius 2 is 2.16 bits per heavy atom. The minimum Gasteiger partial charge on any atom is -0.335 e. The van der Waals surface area contributed by atoms with Gasteiger partial charge in [0, 0.05) is 19.5 Å². The molecule has 0 atom stereocenters. The third-order valence-corrected chi connectivity index (χ3v) is 3.69. The molecule has 5 heteroatoms. The number of fused-ring (bicyclic) bond motifs is 1. The summed E-state index contributed by atoms with van der Waals surface area (Å²) < 4.78 is 2.04. The molecular formula is C14H21N3O2. The molecule has 1 amide bonds. The Balaban J connectivity index is 2.05. The van der Waals surface area contributed by atoms with Crippen LogP contribution in [0.1, 0.15) is 54.6 Å². The van der Waals surface area contributed by atoms with Gasteiger partial charge in [-0.25, -0.2) is 4.98 Å². The molecule has 5 nitrogen and oxygen atoms in total. The highest BCUT2D eigenvalue weighted by atomic mass is 16.2. The number of aldehydes is 1. The normalized spacial score (nSPS) is 14.3. The van der Waals surface area contributed by atoms with Crippen molar-refractivity contribution in [3.8, 4) is 0 Å². The van der Waals surface area contributed by atoms with Crippen LogP contribution in [0.2, 0.25) is 0 Å². The lowest BCUT2D eigenvalue weighted by molar-refractivity contribution is -0.132. The predicted molar refractivity (Wildman–Crippen MR) is 71.9 cm³/mol. The van der Waals surface area contributed by atoms with Crippen molar-refractivity contribution < 1.29 is 9.59 Å². The van der Waals surface area contributed by atoms with Crippen LogP contribution in [0, 0.1) is 6.92 Å². The average molecular weight is 263 g/mol. The molecule has 1 aliphatic heterocycles. The van der Waals surface area contributed by atoms with Gasteiger partial charge in [-0.3, -0.25) is 9.59 Å². The van der Waals surface area contributed by atoms with Crippen LogP contribution in [0.5, 0.6) is 0 Å². The molecule has 0 spiro atoms. The topological polar surface area (TPSA) is 55.2 Å². The largest absolute Gasteiger partial charge is 0.335 e. The quantitative estimate of drug-likeness (QED) is 0.602. The predicted octanol–water partition coefficient (Wildman–Crippen LogP) is 1.93. The number of carbonyl (C=O) groups is 2. The van der Waals surface area contributed by atoms with Gasteiger partial charge in [-0.15, -0.1) is 0 Å². The fourth-order valence-corrected chi connectivity index (χ4v) is 2.57. The van der Waals surface area contributed by atoms with E-state index in [0.29, 0.717) is 25.2 Å². The molecule has 0 saturated carbocycles. The van der Waals surface area contributed by atoms with E-state index >= 15 is 0 Å². The van der Waals surface area contributed by atoms with Gasteiger partial charge in [0.05, 0.1) is 12.2 Å². The van der Waals surface area contributed by atoms with Gasteiger partial charge in [0.1, 0.15) is 11.5 Å². The molecule has 0 bridgehead atoms. The number of rotatable bonds is 5. The lowest BCUT2D eigenvalue weighted by Crippen LogP contribution is -2.38. The smallest absolute Gasteiger partial charge is 0.222 e. The van der Waals surface area contributed by atoms with Crippen molar-refractivity contribution in [2.75, 3.05) is 6.54 Å². The van der Waals surface area contributed by atoms with Crippen LogP contribution in [-0.4, -0.2) is 33.2 Å². The van der Waals surface area contributed by atoms with Crippen molar-refractivity contribution in [2.45, 2.75) is 52.6 Å². The van der Waals surface area contributed by atoms with Gasteiger partial charge in [0.25, 0.3) is 0 Å². The summed E-state index contributed by atoms with van der Waals surface area (Å²) in [6.45, 7) is 5.99. The zero-order valence-electron chi connectivity index (χ0n) is 11.7. The first-order valence-corrected chi connectivity index (χ1v) is 6.96. The maximum Gasteiger partial charge on any atom is 0.222 e. The Kier molecular flexibility index (Phi) is 4.35. The molecule has 0 radical (unpaired) electrons. The molecule has 19 heavy (non-hydrogen) atoms. The highest BCUT2D eigenvalue weighted by Crippen LogP contribution is 2.19. The third-order valence-electron chi connectivity index (χ3n) is 3.69. The van der Waals surface area contributed by atoms with Gasteiger partial charge in [-0.05, 0) is 13.3 Å². The number of hydrogen-bond acceptors (Lipinski definition) is 3. The first-order valence-electron chi connectivity index (χ1n) is 6.96. The number of carbonyl (C=O) groups excluding carboxylic acids is 2. The van der Waals surface area contributed by atoms with Crippen LogP contribution >= 0.6 is 0 Å². The van der Waals surface area contributed by atoms with Crippen LogP contribution in [0.15, 0.2) is 0 Å². The summed E-state index contributed by atoms with van der Waals surface area (Å²) in [5.41, 5.74) is 1.35. The number of aryl methyl sites for hydroxylation is 1. The summed E-state index contributed by atoms with van der Waals surface area (Å²) in [4.78, 5) is 29.2. The summed E-state index contributed by atoms with van der Waals surface area (Å²) in [7, 11) is 0. The highest BCUT2D eigenvalue weighted by molar-refractivity contribution is 5.77. The zero-order chi connectivity index (χ0) is 13.8.